The fourth-order valence-electron chi connectivity index (χ4n) is 7.84. The SMILES string of the molecule is c1ccc(-n2c3ccccc3c3c2ccc2c4c5oc6ccccc6c5ccc4n(-c4cccc5c4oc4ccccc45)c23)cc1. The molecule has 0 spiro atoms. The highest BCUT2D eigenvalue weighted by Gasteiger charge is 2.25. The average molecular weight is 589 g/mol. The van der Waals surface area contributed by atoms with Crippen LogP contribution in [0.3, 0.4) is 0 Å². The van der Waals surface area contributed by atoms with Gasteiger partial charge in [-0.15, -0.1) is 0 Å². The highest BCUT2D eigenvalue weighted by atomic mass is 16.3. The van der Waals surface area contributed by atoms with Crippen molar-refractivity contribution in [2.75, 3.05) is 0 Å². The minimum Gasteiger partial charge on any atom is -0.455 e. The first-order valence-corrected chi connectivity index (χ1v) is 15.6. The molecule has 214 valence electrons. The van der Waals surface area contributed by atoms with Crippen molar-refractivity contribution in [3.8, 4) is 11.4 Å². The number of benzene rings is 7. The lowest BCUT2D eigenvalue weighted by atomic mass is 10.1. The standard InChI is InChI=1S/C42H24N2O2/c1-2-11-25(12-3-1)43-32-17-7-4-15-30(32)38-33(43)24-22-31-39-34(23-21-29-27-14-6-9-20-37(27)46-42(29)39)44(40(31)38)35-18-10-16-28-26-13-5-8-19-36(26)45-41(28)35/h1-24H. The van der Waals surface area contributed by atoms with E-state index in [1.54, 1.807) is 0 Å². The summed E-state index contributed by atoms with van der Waals surface area (Å²) in [5.41, 5.74) is 10.2. The normalized spacial score (nSPS) is 12.3. The van der Waals surface area contributed by atoms with E-state index in [1.807, 2.05) is 12.1 Å². The van der Waals surface area contributed by atoms with Crippen LogP contribution >= 0.6 is 0 Å². The Hall–Kier alpha value is -6.26. The molecule has 0 amide bonds. The molecule has 4 aromatic heterocycles. The number of furan rings is 2. The molecular weight excluding hydrogens is 564 g/mol. The van der Waals surface area contributed by atoms with Crippen LogP contribution in [0.15, 0.2) is 154 Å². The van der Waals surface area contributed by atoms with E-state index in [9.17, 15) is 0 Å². The second-order valence-corrected chi connectivity index (χ2v) is 12.1. The summed E-state index contributed by atoms with van der Waals surface area (Å²) in [4.78, 5) is 0. The molecule has 0 saturated carbocycles. The minimum atomic E-state index is 0.871. The molecule has 0 fully saturated rings. The van der Waals surface area contributed by atoms with E-state index < -0.39 is 0 Å². The van der Waals surface area contributed by atoms with Gasteiger partial charge < -0.3 is 18.0 Å². The van der Waals surface area contributed by atoms with E-state index in [1.165, 1.54) is 16.3 Å². The van der Waals surface area contributed by atoms with Gasteiger partial charge in [-0.3, -0.25) is 0 Å². The molecule has 0 radical (unpaired) electrons. The summed E-state index contributed by atoms with van der Waals surface area (Å²) in [5, 5.41) is 9.13. The summed E-state index contributed by atoms with van der Waals surface area (Å²) in [6.45, 7) is 0. The minimum absolute atomic E-state index is 0.871. The Morgan fingerprint density at radius 3 is 1.72 bits per heavy atom. The van der Waals surface area contributed by atoms with E-state index in [2.05, 4.69) is 143 Å². The molecule has 46 heavy (non-hydrogen) atoms. The lowest BCUT2D eigenvalue weighted by molar-refractivity contribution is 0.666. The van der Waals surface area contributed by atoms with Gasteiger partial charge in [-0.25, -0.2) is 0 Å². The van der Waals surface area contributed by atoms with E-state index in [0.29, 0.717) is 0 Å². The molecule has 11 rings (SSSR count). The molecule has 4 nitrogen and oxygen atoms in total. The zero-order chi connectivity index (χ0) is 29.9. The van der Waals surface area contributed by atoms with Crippen LogP contribution in [0.1, 0.15) is 0 Å². The van der Waals surface area contributed by atoms with Gasteiger partial charge in [-0.05, 0) is 60.7 Å². The smallest absolute Gasteiger partial charge is 0.159 e. The van der Waals surface area contributed by atoms with Crippen molar-refractivity contribution in [2.45, 2.75) is 0 Å². The van der Waals surface area contributed by atoms with Crippen molar-refractivity contribution in [1.82, 2.24) is 9.13 Å². The third-order valence-corrected chi connectivity index (χ3v) is 9.71. The third kappa shape index (κ3) is 2.98. The molecule has 0 aliphatic rings. The maximum Gasteiger partial charge on any atom is 0.159 e. The molecule has 0 N–H and O–H groups in total. The Balaban J connectivity index is 1.41. The highest BCUT2D eigenvalue weighted by Crippen LogP contribution is 2.46. The third-order valence-electron chi connectivity index (χ3n) is 9.71. The molecule has 0 saturated heterocycles. The maximum atomic E-state index is 6.69. The van der Waals surface area contributed by atoms with Gasteiger partial charge >= 0.3 is 0 Å². The molecule has 4 heterocycles. The van der Waals surface area contributed by atoms with Crippen molar-refractivity contribution in [3.63, 3.8) is 0 Å². The Bertz CT molecular complexity index is 3020. The fourth-order valence-corrected chi connectivity index (χ4v) is 7.84. The Labute approximate surface area is 261 Å². The first-order valence-electron chi connectivity index (χ1n) is 15.6. The van der Waals surface area contributed by atoms with Crippen LogP contribution in [0.4, 0.5) is 0 Å². The molecule has 0 bridgehead atoms. The zero-order valence-corrected chi connectivity index (χ0v) is 24.6. The first-order chi connectivity index (χ1) is 22.8. The number of fused-ring (bicyclic) bond motifs is 14. The molecule has 0 unspecified atom stereocenters. The van der Waals surface area contributed by atoms with Crippen molar-refractivity contribution < 1.29 is 8.83 Å². The predicted octanol–water partition coefficient (Wildman–Crippen LogP) is 11.7. The number of nitrogens with zero attached hydrogens (tertiary/aromatic N) is 2. The molecule has 7 aromatic carbocycles. The quantitative estimate of drug-likeness (QED) is 0.201. The van der Waals surface area contributed by atoms with Gasteiger partial charge in [-0.1, -0.05) is 84.9 Å². The number of para-hydroxylation sites is 5. The topological polar surface area (TPSA) is 36.1 Å². The van der Waals surface area contributed by atoms with Gasteiger partial charge in [0.05, 0.1) is 33.1 Å². The van der Waals surface area contributed by atoms with Crippen LogP contribution in [0.25, 0.3) is 98.9 Å². The van der Waals surface area contributed by atoms with Gasteiger partial charge in [0.25, 0.3) is 0 Å². The highest BCUT2D eigenvalue weighted by molar-refractivity contribution is 6.31. The first kappa shape index (κ1) is 24.1. The van der Waals surface area contributed by atoms with E-state index in [4.69, 9.17) is 8.83 Å². The molecule has 4 heteroatoms. The van der Waals surface area contributed by atoms with Crippen molar-refractivity contribution in [2.24, 2.45) is 0 Å². The van der Waals surface area contributed by atoms with E-state index in [0.717, 1.165) is 82.6 Å². The summed E-state index contributed by atoms with van der Waals surface area (Å²) in [5.74, 6) is 0. The maximum absolute atomic E-state index is 6.69. The molecule has 0 aliphatic carbocycles. The van der Waals surface area contributed by atoms with Crippen LogP contribution in [0.2, 0.25) is 0 Å². The fraction of sp³-hybridized carbons (Fsp3) is 0. The monoisotopic (exact) mass is 588 g/mol. The van der Waals surface area contributed by atoms with Crippen molar-refractivity contribution in [3.05, 3.63) is 146 Å². The number of aromatic nitrogens is 2. The van der Waals surface area contributed by atoms with Gasteiger partial charge in [0.2, 0.25) is 0 Å². The average Bonchev–Trinajstić information content (AvgIpc) is 3.85. The Morgan fingerprint density at radius 1 is 0.348 bits per heavy atom. The van der Waals surface area contributed by atoms with Gasteiger partial charge in [0.15, 0.2) is 5.58 Å². The molecule has 0 atom stereocenters. The van der Waals surface area contributed by atoms with Crippen molar-refractivity contribution >= 4 is 87.5 Å². The largest absolute Gasteiger partial charge is 0.455 e. The molecule has 0 aliphatic heterocycles. The van der Waals surface area contributed by atoms with Crippen LogP contribution in [0.5, 0.6) is 0 Å². The lowest BCUT2D eigenvalue weighted by Gasteiger charge is -2.10. The van der Waals surface area contributed by atoms with Crippen LogP contribution < -0.4 is 0 Å². The zero-order valence-electron chi connectivity index (χ0n) is 24.6. The number of hydrogen-bond acceptors (Lipinski definition) is 2. The van der Waals surface area contributed by atoms with Gasteiger partial charge in [-0.2, -0.15) is 0 Å². The van der Waals surface area contributed by atoms with Crippen LogP contribution in [0, 0.1) is 0 Å². The Morgan fingerprint density at radius 2 is 0.935 bits per heavy atom. The summed E-state index contributed by atoms with van der Waals surface area (Å²) >= 11 is 0. The van der Waals surface area contributed by atoms with E-state index in [-0.39, 0.29) is 0 Å². The Kier molecular flexibility index (Phi) is 4.55. The molecule has 11 aromatic rings. The van der Waals surface area contributed by atoms with Gasteiger partial charge in [0, 0.05) is 43.4 Å². The lowest BCUT2D eigenvalue weighted by Crippen LogP contribution is -1.95. The number of hydrogen-bond donors (Lipinski definition) is 0. The van der Waals surface area contributed by atoms with Crippen LogP contribution in [-0.4, -0.2) is 9.13 Å². The predicted molar refractivity (Wildman–Crippen MR) is 190 cm³/mol. The summed E-state index contributed by atoms with van der Waals surface area (Å²) in [6, 6.07) is 51.5. The van der Waals surface area contributed by atoms with E-state index >= 15 is 0 Å². The second kappa shape index (κ2) is 8.68. The number of rotatable bonds is 2. The summed E-state index contributed by atoms with van der Waals surface area (Å²) < 4.78 is 18.1. The van der Waals surface area contributed by atoms with Gasteiger partial charge in [0.1, 0.15) is 16.7 Å². The summed E-state index contributed by atoms with van der Waals surface area (Å²) in [6.07, 6.45) is 0. The van der Waals surface area contributed by atoms with Crippen LogP contribution in [-0.2, 0) is 0 Å². The molecular formula is C42H24N2O2. The second-order valence-electron chi connectivity index (χ2n) is 12.1. The van der Waals surface area contributed by atoms with Crippen molar-refractivity contribution in [1.29, 1.82) is 0 Å². The summed E-state index contributed by atoms with van der Waals surface area (Å²) in [7, 11) is 0.